The van der Waals surface area contributed by atoms with Crippen LogP contribution < -0.4 is 11.5 Å². The molecule has 2 aromatic carbocycles. The molecule has 94 valence electrons. The van der Waals surface area contributed by atoms with Crippen molar-refractivity contribution in [3.63, 3.8) is 0 Å². The van der Waals surface area contributed by atoms with Crippen molar-refractivity contribution in [3.05, 3.63) is 42.5 Å². The Labute approximate surface area is 109 Å². The number of rotatable bonds is 2. The number of H-pyrrole nitrogens is 1. The van der Waals surface area contributed by atoms with Crippen LogP contribution in [0.5, 0.6) is 0 Å². The van der Waals surface area contributed by atoms with E-state index in [-0.39, 0.29) is 5.82 Å². The molecule has 3 rings (SSSR count). The maximum atomic E-state index is 5.64. The van der Waals surface area contributed by atoms with E-state index < -0.39 is 0 Å². The number of fused-ring (bicyclic) bond motifs is 1. The highest BCUT2D eigenvalue weighted by atomic mass is 15.2. The second-order valence-electron chi connectivity index (χ2n) is 4.10. The number of hydrogen-bond acceptors (Lipinski definition) is 5. The maximum absolute atomic E-state index is 5.64. The minimum absolute atomic E-state index is 0.238. The van der Waals surface area contributed by atoms with Gasteiger partial charge >= 0.3 is 0 Å². The summed E-state index contributed by atoms with van der Waals surface area (Å²) < 4.78 is 0. The molecule has 0 saturated carbocycles. The van der Waals surface area contributed by atoms with E-state index in [1.54, 1.807) is 0 Å². The molecule has 1 aromatic heterocycles. The van der Waals surface area contributed by atoms with E-state index in [2.05, 4.69) is 20.4 Å². The first-order chi connectivity index (χ1) is 9.24. The minimum atomic E-state index is 0.238. The first-order valence-electron chi connectivity index (χ1n) is 5.74. The highest BCUT2D eigenvalue weighted by molar-refractivity contribution is 5.85. The number of nitrogen functional groups attached to an aromatic ring is 2. The average molecular weight is 252 g/mol. The van der Waals surface area contributed by atoms with Crippen LogP contribution >= 0.6 is 0 Å². The summed E-state index contributed by atoms with van der Waals surface area (Å²) >= 11 is 0. The number of benzene rings is 2. The second kappa shape index (κ2) is 4.41. The van der Waals surface area contributed by atoms with Crippen molar-refractivity contribution in [1.29, 1.82) is 0 Å². The van der Waals surface area contributed by atoms with Crippen LogP contribution in [0.2, 0.25) is 0 Å². The fourth-order valence-corrected chi connectivity index (χ4v) is 1.82. The average Bonchev–Trinajstić information content (AvgIpc) is 2.76. The zero-order valence-corrected chi connectivity index (χ0v) is 10.0. The van der Waals surface area contributed by atoms with Crippen LogP contribution in [0.15, 0.2) is 52.7 Å². The van der Waals surface area contributed by atoms with E-state index in [0.29, 0.717) is 11.5 Å². The number of nitrogens with zero attached hydrogens (tertiary/aromatic N) is 3. The Kier molecular flexibility index (Phi) is 2.60. The Morgan fingerprint density at radius 1 is 0.947 bits per heavy atom. The molecule has 1 heterocycles. The van der Waals surface area contributed by atoms with Crippen molar-refractivity contribution in [2.24, 2.45) is 10.2 Å². The van der Waals surface area contributed by atoms with E-state index in [0.717, 1.165) is 16.5 Å². The number of anilines is 2. The largest absolute Gasteiger partial charge is 0.382 e. The Bertz CT molecular complexity index is 739. The van der Waals surface area contributed by atoms with Crippen LogP contribution in [0.4, 0.5) is 23.0 Å². The number of aromatic amines is 1. The highest BCUT2D eigenvalue weighted by Crippen LogP contribution is 2.29. The number of nitrogens with two attached hydrogens (primary N) is 2. The molecule has 0 aliphatic rings. The molecule has 0 saturated heterocycles. The summed E-state index contributed by atoms with van der Waals surface area (Å²) in [5.41, 5.74) is 12.4. The van der Waals surface area contributed by atoms with Gasteiger partial charge in [0.2, 0.25) is 0 Å². The Balaban J connectivity index is 1.97. The summed E-state index contributed by atoms with van der Waals surface area (Å²) in [7, 11) is 0. The molecule has 19 heavy (non-hydrogen) atoms. The number of azo groups is 1. The molecule has 6 heteroatoms. The number of nitrogens with one attached hydrogen (secondary N) is 1. The first kappa shape index (κ1) is 11.2. The molecule has 0 bridgehead atoms. The van der Waals surface area contributed by atoms with E-state index in [1.165, 1.54) is 0 Å². The Morgan fingerprint density at radius 2 is 1.74 bits per heavy atom. The van der Waals surface area contributed by atoms with Gasteiger partial charge in [-0.05, 0) is 22.9 Å². The van der Waals surface area contributed by atoms with Crippen LogP contribution in [-0.4, -0.2) is 10.2 Å². The van der Waals surface area contributed by atoms with Gasteiger partial charge in [-0.2, -0.15) is 10.2 Å². The van der Waals surface area contributed by atoms with Crippen LogP contribution in [0.3, 0.4) is 0 Å². The summed E-state index contributed by atoms with van der Waals surface area (Å²) in [5, 5.41) is 16.7. The van der Waals surface area contributed by atoms with Crippen molar-refractivity contribution >= 4 is 33.8 Å². The predicted molar refractivity (Wildman–Crippen MR) is 75.5 cm³/mol. The van der Waals surface area contributed by atoms with Crippen molar-refractivity contribution in [2.75, 3.05) is 11.5 Å². The zero-order valence-electron chi connectivity index (χ0n) is 10.0. The van der Waals surface area contributed by atoms with Crippen LogP contribution in [0.1, 0.15) is 0 Å². The predicted octanol–water partition coefficient (Wildman–Crippen LogP) is 3.14. The van der Waals surface area contributed by atoms with E-state index >= 15 is 0 Å². The zero-order chi connectivity index (χ0) is 13.2. The molecule has 0 unspecified atom stereocenters. The van der Waals surface area contributed by atoms with Crippen LogP contribution in [0.25, 0.3) is 10.8 Å². The van der Waals surface area contributed by atoms with Crippen molar-refractivity contribution < 1.29 is 0 Å². The molecule has 0 aliphatic heterocycles. The maximum Gasteiger partial charge on any atom is 0.175 e. The molecule has 0 atom stereocenters. The molecule has 0 fully saturated rings. The lowest BCUT2D eigenvalue weighted by atomic mass is 10.1. The smallest absolute Gasteiger partial charge is 0.175 e. The lowest BCUT2D eigenvalue weighted by molar-refractivity contribution is 1.11. The molecular formula is C13H12N6. The molecule has 0 aliphatic carbocycles. The number of aromatic nitrogens is 2. The summed E-state index contributed by atoms with van der Waals surface area (Å²) in [6.07, 6.45) is 0. The van der Waals surface area contributed by atoms with E-state index in [1.807, 2.05) is 42.5 Å². The Morgan fingerprint density at radius 3 is 2.47 bits per heavy atom. The third-order valence-corrected chi connectivity index (χ3v) is 2.79. The monoisotopic (exact) mass is 252 g/mol. The van der Waals surface area contributed by atoms with Gasteiger partial charge in [-0.3, -0.25) is 5.10 Å². The molecule has 6 nitrogen and oxygen atoms in total. The van der Waals surface area contributed by atoms with Gasteiger partial charge in [0.1, 0.15) is 5.82 Å². The van der Waals surface area contributed by atoms with E-state index in [4.69, 9.17) is 11.5 Å². The fraction of sp³-hybridized carbons (Fsp3) is 0. The normalized spacial score (nSPS) is 11.4. The summed E-state index contributed by atoms with van der Waals surface area (Å²) in [4.78, 5) is 0. The summed E-state index contributed by atoms with van der Waals surface area (Å²) in [6, 6.07) is 13.9. The molecule has 0 spiro atoms. The quantitative estimate of drug-likeness (QED) is 0.610. The topological polar surface area (TPSA) is 105 Å². The van der Waals surface area contributed by atoms with Crippen molar-refractivity contribution in [3.8, 4) is 0 Å². The SMILES string of the molecule is Nc1n[nH]c(N)c1N=Nc1ccc2ccccc2c1. The minimum Gasteiger partial charge on any atom is -0.382 e. The fourth-order valence-electron chi connectivity index (χ4n) is 1.82. The van der Waals surface area contributed by atoms with Gasteiger partial charge in [-0.25, -0.2) is 0 Å². The molecule has 5 N–H and O–H groups in total. The summed E-state index contributed by atoms with van der Waals surface area (Å²) in [6.45, 7) is 0. The lowest BCUT2D eigenvalue weighted by Crippen LogP contribution is -1.84. The van der Waals surface area contributed by atoms with Gasteiger partial charge in [-0.1, -0.05) is 30.3 Å². The van der Waals surface area contributed by atoms with Gasteiger partial charge < -0.3 is 11.5 Å². The van der Waals surface area contributed by atoms with Gasteiger partial charge in [0, 0.05) is 0 Å². The van der Waals surface area contributed by atoms with Crippen molar-refractivity contribution in [2.45, 2.75) is 0 Å². The summed E-state index contributed by atoms with van der Waals surface area (Å²) in [5.74, 6) is 0.545. The second-order valence-corrected chi connectivity index (χ2v) is 4.10. The third kappa shape index (κ3) is 2.11. The molecular weight excluding hydrogens is 240 g/mol. The van der Waals surface area contributed by atoms with Crippen LogP contribution in [-0.2, 0) is 0 Å². The van der Waals surface area contributed by atoms with Gasteiger partial charge in [0.25, 0.3) is 0 Å². The number of hydrogen-bond donors (Lipinski definition) is 3. The van der Waals surface area contributed by atoms with Gasteiger partial charge in [0.05, 0.1) is 5.69 Å². The van der Waals surface area contributed by atoms with Gasteiger partial charge in [-0.15, -0.1) is 5.11 Å². The van der Waals surface area contributed by atoms with Gasteiger partial charge in [0.15, 0.2) is 11.5 Å². The molecule has 0 amide bonds. The molecule has 0 radical (unpaired) electrons. The third-order valence-electron chi connectivity index (χ3n) is 2.79. The molecule has 3 aromatic rings. The Hall–Kier alpha value is -2.89. The van der Waals surface area contributed by atoms with E-state index in [9.17, 15) is 0 Å². The highest BCUT2D eigenvalue weighted by Gasteiger charge is 2.06. The van der Waals surface area contributed by atoms with Crippen LogP contribution in [0, 0.1) is 0 Å². The first-order valence-corrected chi connectivity index (χ1v) is 5.74. The van der Waals surface area contributed by atoms with Crippen molar-refractivity contribution in [1.82, 2.24) is 10.2 Å². The lowest BCUT2D eigenvalue weighted by Gasteiger charge is -1.98. The standard InChI is InChI=1S/C13H12N6/c14-12-11(13(15)19-18-12)17-16-10-6-5-8-3-1-2-4-9(8)7-10/h1-7H,(H5,14,15,18,19).